The van der Waals surface area contributed by atoms with Crippen molar-refractivity contribution >= 4 is 26.8 Å². The Bertz CT molecular complexity index is 502. The van der Waals surface area contributed by atoms with E-state index >= 15 is 0 Å². The van der Waals surface area contributed by atoms with Crippen molar-refractivity contribution in [2.45, 2.75) is 26.3 Å². The number of benzene rings is 1. The Morgan fingerprint density at radius 3 is 2.75 bits per heavy atom. The molecule has 3 heteroatoms. The van der Waals surface area contributed by atoms with E-state index in [4.69, 9.17) is 5.11 Å². The van der Waals surface area contributed by atoms with Gasteiger partial charge in [-0.1, -0.05) is 22.0 Å². The van der Waals surface area contributed by atoms with Gasteiger partial charge in [0, 0.05) is 34.2 Å². The van der Waals surface area contributed by atoms with Crippen LogP contribution >= 0.6 is 15.9 Å². The van der Waals surface area contributed by atoms with Crippen LogP contribution in [0.2, 0.25) is 0 Å². The predicted molar refractivity (Wildman–Crippen MR) is 70.8 cm³/mol. The second kappa shape index (κ2) is 4.60. The summed E-state index contributed by atoms with van der Waals surface area (Å²) >= 11 is 3.59. The van der Waals surface area contributed by atoms with E-state index in [1.165, 1.54) is 16.5 Å². The zero-order chi connectivity index (χ0) is 11.7. The summed E-state index contributed by atoms with van der Waals surface area (Å²) in [4.78, 5) is 0. The Kier molecular flexibility index (Phi) is 3.36. The van der Waals surface area contributed by atoms with Crippen molar-refractivity contribution in [1.82, 2.24) is 4.57 Å². The van der Waals surface area contributed by atoms with Gasteiger partial charge < -0.3 is 9.67 Å². The van der Waals surface area contributed by atoms with Crippen LogP contribution in [0.5, 0.6) is 0 Å². The monoisotopic (exact) mass is 281 g/mol. The summed E-state index contributed by atoms with van der Waals surface area (Å²) in [7, 11) is 0. The minimum atomic E-state index is 0.193. The van der Waals surface area contributed by atoms with Crippen molar-refractivity contribution in [3.63, 3.8) is 0 Å². The van der Waals surface area contributed by atoms with E-state index in [-0.39, 0.29) is 6.61 Å². The van der Waals surface area contributed by atoms with E-state index < -0.39 is 0 Å². The Labute approximate surface area is 104 Å². The van der Waals surface area contributed by atoms with E-state index in [0.717, 1.165) is 4.47 Å². The molecule has 86 valence electrons. The molecule has 1 N–H and O–H groups in total. The summed E-state index contributed by atoms with van der Waals surface area (Å²) in [6, 6.07) is 6.66. The van der Waals surface area contributed by atoms with E-state index in [1.54, 1.807) is 0 Å². The topological polar surface area (TPSA) is 25.2 Å². The van der Waals surface area contributed by atoms with Gasteiger partial charge >= 0.3 is 0 Å². The molecule has 1 aromatic heterocycles. The highest BCUT2D eigenvalue weighted by atomic mass is 79.9. The van der Waals surface area contributed by atoms with Gasteiger partial charge in [-0.2, -0.15) is 0 Å². The molecule has 2 aromatic rings. The molecule has 1 aromatic carbocycles. The van der Waals surface area contributed by atoms with Gasteiger partial charge in [0.15, 0.2) is 0 Å². The van der Waals surface area contributed by atoms with Gasteiger partial charge in [0.05, 0.1) is 0 Å². The fraction of sp³-hybridized carbons (Fsp3) is 0.385. The summed E-state index contributed by atoms with van der Waals surface area (Å²) in [5.74, 6) is 0. The van der Waals surface area contributed by atoms with Gasteiger partial charge in [0.1, 0.15) is 0 Å². The van der Waals surface area contributed by atoms with Crippen LogP contribution in [-0.4, -0.2) is 16.3 Å². The smallest absolute Gasteiger partial charge is 0.0497 e. The van der Waals surface area contributed by atoms with Crippen molar-refractivity contribution in [3.05, 3.63) is 34.4 Å². The molecule has 0 aliphatic carbocycles. The minimum Gasteiger partial charge on any atom is -0.396 e. The van der Waals surface area contributed by atoms with E-state index in [0.29, 0.717) is 12.5 Å². The molecule has 0 aliphatic rings. The Hall–Kier alpha value is -0.800. The molecule has 0 atom stereocenters. The summed E-state index contributed by atoms with van der Waals surface area (Å²) < 4.78 is 3.36. The quantitative estimate of drug-likeness (QED) is 0.915. The number of hydrogen-bond acceptors (Lipinski definition) is 1. The molecule has 0 saturated heterocycles. The molecule has 0 unspecified atom stereocenters. The first kappa shape index (κ1) is 11.7. The van der Waals surface area contributed by atoms with Crippen LogP contribution < -0.4 is 0 Å². The Morgan fingerprint density at radius 1 is 1.38 bits per heavy atom. The number of nitrogens with zero attached hydrogens (tertiary/aromatic N) is 1. The highest BCUT2D eigenvalue weighted by Gasteiger charge is 2.12. The summed E-state index contributed by atoms with van der Waals surface area (Å²) in [5.41, 5.74) is 2.44. The van der Waals surface area contributed by atoms with E-state index in [1.807, 2.05) is 12.1 Å². The lowest BCUT2D eigenvalue weighted by atomic mass is 10.1. The first-order valence-corrected chi connectivity index (χ1v) is 6.33. The first-order chi connectivity index (χ1) is 7.65. The van der Waals surface area contributed by atoms with Crippen LogP contribution in [0.15, 0.2) is 28.9 Å². The molecule has 0 amide bonds. The van der Waals surface area contributed by atoms with Gasteiger partial charge in [-0.3, -0.25) is 0 Å². The molecule has 0 spiro atoms. The lowest BCUT2D eigenvalue weighted by Gasteiger charge is -2.08. The molecule has 1 heterocycles. The van der Waals surface area contributed by atoms with Crippen molar-refractivity contribution < 1.29 is 5.11 Å². The molecule has 0 saturated carbocycles. The number of rotatable bonds is 3. The lowest BCUT2D eigenvalue weighted by Crippen LogP contribution is -1.98. The van der Waals surface area contributed by atoms with Crippen LogP contribution in [0.1, 0.15) is 25.5 Å². The third kappa shape index (κ3) is 1.89. The van der Waals surface area contributed by atoms with Gasteiger partial charge in [0.2, 0.25) is 0 Å². The molecule has 2 nitrogen and oxygen atoms in total. The van der Waals surface area contributed by atoms with E-state index in [2.05, 4.69) is 46.6 Å². The van der Waals surface area contributed by atoms with Crippen LogP contribution in [0.25, 0.3) is 10.9 Å². The maximum absolute atomic E-state index is 9.09. The zero-order valence-electron chi connectivity index (χ0n) is 9.57. The number of aromatic nitrogens is 1. The average molecular weight is 282 g/mol. The summed E-state index contributed by atoms with van der Waals surface area (Å²) in [6.07, 6.45) is 2.86. The number of fused-ring (bicyclic) bond motifs is 1. The number of aliphatic hydroxyl groups excluding tert-OH is 1. The number of halogens is 1. The Morgan fingerprint density at radius 2 is 2.12 bits per heavy atom. The third-order valence-electron chi connectivity index (χ3n) is 2.82. The standard InChI is InChI=1S/C13H16BrNO/c1-9(2)15-8-10(6-7-16)13-11(14)4-3-5-12(13)15/h3-5,8-9,16H,6-7H2,1-2H3. The predicted octanol–water partition coefficient (Wildman–Crippen LogP) is 3.52. The zero-order valence-corrected chi connectivity index (χ0v) is 11.2. The van der Waals surface area contributed by atoms with Crippen molar-refractivity contribution in [1.29, 1.82) is 0 Å². The molecular formula is C13H16BrNO. The Balaban J connectivity index is 2.71. The normalized spacial score (nSPS) is 11.6. The average Bonchev–Trinajstić information content (AvgIpc) is 2.59. The second-order valence-corrected chi connectivity index (χ2v) is 5.12. The largest absolute Gasteiger partial charge is 0.396 e. The van der Waals surface area contributed by atoms with Crippen molar-refractivity contribution in [2.24, 2.45) is 0 Å². The summed E-state index contributed by atoms with van der Waals surface area (Å²) in [6.45, 7) is 4.53. The minimum absolute atomic E-state index is 0.193. The molecule has 0 bridgehead atoms. The van der Waals surface area contributed by atoms with Crippen LogP contribution in [0, 0.1) is 0 Å². The maximum atomic E-state index is 9.09. The SMILES string of the molecule is CC(C)n1cc(CCO)c2c(Br)cccc21. The highest BCUT2D eigenvalue weighted by molar-refractivity contribution is 9.10. The van der Waals surface area contributed by atoms with Crippen LogP contribution in [0.3, 0.4) is 0 Å². The molecule has 2 rings (SSSR count). The molecule has 0 fully saturated rings. The highest BCUT2D eigenvalue weighted by Crippen LogP contribution is 2.31. The fourth-order valence-corrected chi connectivity index (χ4v) is 2.70. The molecular weight excluding hydrogens is 266 g/mol. The van der Waals surface area contributed by atoms with Gasteiger partial charge in [0.25, 0.3) is 0 Å². The number of aliphatic hydroxyl groups is 1. The van der Waals surface area contributed by atoms with Crippen molar-refractivity contribution in [2.75, 3.05) is 6.61 Å². The van der Waals surface area contributed by atoms with Crippen molar-refractivity contribution in [3.8, 4) is 0 Å². The molecule has 16 heavy (non-hydrogen) atoms. The number of hydrogen-bond donors (Lipinski definition) is 1. The third-order valence-corrected chi connectivity index (χ3v) is 3.48. The fourth-order valence-electron chi connectivity index (χ4n) is 2.09. The maximum Gasteiger partial charge on any atom is 0.0497 e. The van der Waals surface area contributed by atoms with E-state index in [9.17, 15) is 0 Å². The lowest BCUT2D eigenvalue weighted by molar-refractivity contribution is 0.300. The first-order valence-electron chi connectivity index (χ1n) is 5.54. The second-order valence-electron chi connectivity index (χ2n) is 4.26. The van der Waals surface area contributed by atoms with Crippen LogP contribution in [-0.2, 0) is 6.42 Å². The van der Waals surface area contributed by atoms with Gasteiger partial charge in [-0.05, 0) is 38.0 Å². The van der Waals surface area contributed by atoms with Gasteiger partial charge in [-0.15, -0.1) is 0 Å². The molecule has 0 radical (unpaired) electrons. The summed E-state index contributed by atoms with van der Waals surface area (Å²) in [5, 5.41) is 10.3. The molecule has 0 aliphatic heterocycles. The van der Waals surface area contributed by atoms with Crippen LogP contribution in [0.4, 0.5) is 0 Å². The van der Waals surface area contributed by atoms with Gasteiger partial charge in [-0.25, -0.2) is 0 Å².